The van der Waals surface area contributed by atoms with Crippen LogP contribution in [-0.2, 0) is 0 Å². The van der Waals surface area contributed by atoms with E-state index in [0.717, 1.165) is 11.4 Å². The first-order valence-corrected chi connectivity index (χ1v) is 10.6. The van der Waals surface area contributed by atoms with E-state index < -0.39 is 0 Å². The van der Waals surface area contributed by atoms with Crippen molar-refractivity contribution < 1.29 is 14.3 Å². The minimum Gasteiger partial charge on any atom is -0.497 e. The molecular formula is C26H25N5O3. The van der Waals surface area contributed by atoms with Crippen LogP contribution in [0.1, 0.15) is 16.1 Å². The van der Waals surface area contributed by atoms with Crippen molar-refractivity contribution >= 4 is 34.7 Å². The van der Waals surface area contributed by atoms with Crippen LogP contribution in [0.25, 0.3) is 0 Å². The Morgan fingerprint density at radius 2 is 1.32 bits per heavy atom. The van der Waals surface area contributed by atoms with Crippen LogP contribution in [0, 0.1) is 6.92 Å². The number of hydrogen-bond donors (Lipinski definition) is 3. The summed E-state index contributed by atoms with van der Waals surface area (Å²) in [5.41, 5.74) is 3.12. The molecule has 0 fully saturated rings. The van der Waals surface area contributed by atoms with Gasteiger partial charge in [-0.05, 0) is 43.3 Å². The Hall–Kier alpha value is -4.59. The first-order chi connectivity index (χ1) is 16.6. The molecule has 1 aromatic heterocycles. The Kier molecular flexibility index (Phi) is 6.88. The van der Waals surface area contributed by atoms with Gasteiger partial charge in [0.1, 0.15) is 17.2 Å². The predicted molar refractivity (Wildman–Crippen MR) is 134 cm³/mol. The molecule has 0 aliphatic rings. The molecule has 0 spiro atoms. The van der Waals surface area contributed by atoms with Gasteiger partial charge in [0, 0.05) is 23.0 Å². The molecule has 0 unspecified atom stereocenters. The number of carbonyl (C=O) groups is 1. The second kappa shape index (κ2) is 10.4. The monoisotopic (exact) mass is 455 g/mol. The highest BCUT2D eigenvalue weighted by Crippen LogP contribution is 2.30. The minimum atomic E-state index is -0.344. The standard InChI is InChI=1S/C26H25N5O3/c1-17-23(30-25(32)18-14-21(33-2)16-22(15-18)34-3)24(28-19-10-6-4-7-11-19)31-26(27-17)29-20-12-8-5-9-13-20/h4-16H,1-3H3,(H,30,32)(H2,27,28,29,31). The molecule has 8 nitrogen and oxygen atoms in total. The molecule has 0 saturated carbocycles. The third-order valence-corrected chi connectivity index (χ3v) is 5.01. The largest absolute Gasteiger partial charge is 0.497 e. The third kappa shape index (κ3) is 5.42. The van der Waals surface area contributed by atoms with Crippen LogP contribution in [-0.4, -0.2) is 30.1 Å². The summed E-state index contributed by atoms with van der Waals surface area (Å²) in [4.78, 5) is 22.4. The van der Waals surface area contributed by atoms with Crippen molar-refractivity contribution in [2.24, 2.45) is 0 Å². The maximum absolute atomic E-state index is 13.2. The SMILES string of the molecule is COc1cc(OC)cc(C(=O)Nc2c(C)nc(Nc3ccccc3)nc2Nc2ccccc2)c1. The van der Waals surface area contributed by atoms with Gasteiger partial charge in [0.05, 0.1) is 19.9 Å². The molecule has 0 radical (unpaired) electrons. The predicted octanol–water partition coefficient (Wildman–Crippen LogP) is 5.54. The smallest absolute Gasteiger partial charge is 0.256 e. The van der Waals surface area contributed by atoms with Crippen LogP contribution in [0.5, 0.6) is 11.5 Å². The number of nitrogens with one attached hydrogen (secondary N) is 3. The lowest BCUT2D eigenvalue weighted by molar-refractivity contribution is 0.102. The molecule has 0 saturated heterocycles. The number of nitrogens with zero attached hydrogens (tertiary/aromatic N) is 2. The van der Waals surface area contributed by atoms with E-state index in [2.05, 4.69) is 25.9 Å². The quantitative estimate of drug-likeness (QED) is 0.321. The molecule has 172 valence electrons. The Labute approximate surface area is 198 Å². The molecule has 0 aliphatic carbocycles. The van der Waals surface area contributed by atoms with E-state index in [1.165, 1.54) is 14.2 Å². The summed E-state index contributed by atoms with van der Waals surface area (Å²) in [6.45, 7) is 1.82. The number of ether oxygens (including phenoxy) is 2. The normalized spacial score (nSPS) is 10.3. The fourth-order valence-corrected chi connectivity index (χ4v) is 3.30. The number of anilines is 5. The molecule has 4 rings (SSSR count). The molecule has 0 atom stereocenters. The second-order valence-corrected chi connectivity index (χ2v) is 7.39. The Bertz CT molecular complexity index is 1260. The number of hydrogen-bond acceptors (Lipinski definition) is 7. The number of aromatic nitrogens is 2. The van der Waals surface area contributed by atoms with E-state index in [9.17, 15) is 4.79 Å². The van der Waals surface area contributed by atoms with Gasteiger partial charge in [-0.3, -0.25) is 4.79 Å². The summed E-state index contributed by atoms with van der Waals surface area (Å²) >= 11 is 0. The fourth-order valence-electron chi connectivity index (χ4n) is 3.30. The van der Waals surface area contributed by atoms with Gasteiger partial charge >= 0.3 is 0 Å². The van der Waals surface area contributed by atoms with Crippen LogP contribution in [0.2, 0.25) is 0 Å². The van der Waals surface area contributed by atoms with Crippen LogP contribution >= 0.6 is 0 Å². The molecule has 4 aromatic rings. The number of methoxy groups -OCH3 is 2. The number of aryl methyl sites for hydroxylation is 1. The summed E-state index contributed by atoms with van der Waals surface area (Å²) in [7, 11) is 3.07. The number of rotatable bonds is 8. The Morgan fingerprint density at radius 1 is 0.765 bits per heavy atom. The average molecular weight is 456 g/mol. The molecule has 3 aromatic carbocycles. The van der Waals surface area contributed by atoms with E-state index in [4.69, 9.17) is 9.47 Å². The molecule has 0 aliphatic heterocycles. The van der Waals surface area contributed by atoms with Gasteiger partial charge < -0.3 is 25.4 Å². The van der Waals surface area contributed by atoms with Gasteiger partial charge in [-0.15, -0.1) is 0 Å². The van der Waals surface area contributed by atoms with Crippen molar-refractivity contribution in [1.82, 2.24) is 9.97 Å². The summed E-state index contributed by atoms with van der Waals surface area (Å²) in [6, 6.07) is 24.2. The molecule has 1 heterocycles. The number of benzene rings is 3. The number of amides is 1. The topological polar surface area (TPSA) is 97.4 Å². The van der Waals surface area contributed by atoms with E-state index in [0.29, 0.717) is 40.2 Å². The van der Waals surface area contributed by atoms with Gasteiger partial charge in [0.2, 0.25) is 5.95 Å². The van der Waals surface area contributed by atoms with Gasteiger partial charge in [0.15, 0.2) is 5.82 Å². The van der Waals surface area contributed by atoms with Crippen LogP contribution in [0.4, 0.5) is 28.8 Å². The van der Waals surface area contributed by atoms with E-state index in [1.807, 2.05) is 67.6 Å². The lowest BCUT2D eigenvalue weighted by Gasteiger charge is -2.17. The lowest BCUT2D eigenvalue weighted by atomic mass is 10.1. The Balaban J connectivity index is 1.69. The molecule has 3 N–H and O–H groups in total. The van der Waals surface area contributed by atoms with E-state index in [1.54, 1.807) is 18.2 Å². The highest BCUT2D eigenvalue weighted by molar-refractivity contribution is 6.06. The zero-order valence-corrected chi connectivity index (χ0v) is 19.1. The third-order valence-electron chi connectivity index (χ3n) is 5.01. The Morgan fingerprint density at radius 3 is 1.88 bits per heavy atom. The number of carbonyl (C=O) groups excluding carboxylic acids is 1. The minimum absolute atomic E-state index is 0.344. The van der Waals surface area contributed by atoms with Crippen molar-refractivity contribution in [2.45, 2.75) is 6.92 Å². The van der Waals surface area contributed by atoms with Crippen molar-refractivity contribution in [3.8, 4) is 11.5 Å². The van der Waals surface area contributed by atoms with Crippen LogP contribution in [0.3, 0.4) is 0 Å². The molecule has 34 heavy (non-hydrogen) atoms. The van der Waals surface area contributed by atoms with Gasteiger partial charge in [-0.25, -0.2) is 4.98 Å². The maximum Gasteiger partial charge on any atom is 0.256 e. The van der Waals surface area contributed by atoms with Gasteiger partial charge in [-0.2, -0.15) is 4.98 Å². The first-order valence-electron chi connectivity index (χ1n) is 10.6. The lowest BCUT2D eigenvalue weighted by Crippen LogP contribution is -2.16. The van der Waals surface area contributed by atoms with Crippen LogP contribution < -0.4 is 25.4 Å². The first kappa shape index (κ1) is 22.6. The molecular weight excluding hydrogens is 430 g/mol. The molecule has 1 amide bonds. The summed E-state index contributed by atoms with van der Waals surface area (Å²) < 4.78 is 10.6. The van der Waals surface area contributed by atoms with E-state index >= 15 is 0 Å². The summed E-state index contributed by atoms with van der Waals surface area (Å²) in [5, 5.41) is 9.44. The fraction of sp³-hybridized carbons (Fsp3) is 0.115. The van der Waals surface area contributed by atoms with Gasteiger partial charge in [0.25, 0.3) is 5.91 Å². The average Bonchev–Trinajstić information content (AvgIpc) is 2.87. The highest BCUT2D eigenvalue weighted by atomic mass is 16.5. The maximum atomic E-state index is 13.2. The summed E-state index contributed by atoms with van der Waals surface area (Å²) in [5.74, 6) is 1.55. The summed E-state index contributed by atoms with van der Waals surface area (Å²) in [6.07, 6.45) is 0. The van der Waals surface area contributed by atoms with E-state index in [-0.39, 0.29) is 5.91 Å². The van der Waals surface area contributed by atoms with Crippen molar-refractivity contribution in [2.75, 3.05) is 30.2 Å². The zero-order valence-electron chi connectivity index (χ0n) is 19.1. The second-order valence-electron chi connectivity index (χ2n) is 7.39. The van der Waals surface area contributed by atoms with Crippen molar-refractivity contribution in [3.05, 3.63) is 90.1 Å². The van der Waals surface area contributed by atoms with Gasteiger partial charge in [-0.1, -0.05) is 36.4 Å². The zero-order chi connectivity index (χ0) is 23.9. The molecule has 8 heteroatoms. The molecule has 0 bridgehead atoms. The highest BCUT2D eigenvalue weighted by Gasteiger charge is 2.17. The van der Waals surface area contributed by atoms with Crippen molar-refractivity contribution in [3.63, 3.8) is 0 Å². The van der Waals surface area contributed by atoms with Crippen LogP contribution in [0.15, 0.2) is 78.9 Å². The van der Waals surface area contributed by atoms with Crippen molar-refractivity contribution in [1.29, 1.82) is 0 Å². The number of para-hydroxylation sites is 2.